The minimum atomic E-state index is -0.212. The van der Waals surface area contributed by atoms with Crippen LogP contribution in [0.3, 0.4) is 0 Å². The Morgan fingerprint density at radius 1 is 1.09 bits per heavy atom. The number of aromatic nitrogens is 4. The van der Waals surface area contributed by atoms with Crippen LogP contribution in [0.5, 0.6) is 0 Å². The van der Waals surface area contributed by atoms with Gasteiger partial charge in [0.2, 0.25) is 17.6 Å². The van der Waals surface area contributed by atoms with Crippen LogP contribution in [0.1, 0.15) is 43.2 Å². The van der Waals surface area contributed by atoms with E-state index in [1.54, 1.807) is 6.20 Å². The van der Waals surface area contributed by atoms with Crippen molar-refractivity contribution in [3.8, 4) is 11.4 Å². The van der Waals surface area contributed by atoms with Crippen LogP contribution in [-0.4, -0.2) is 50.5 Å². The van der Waals surface area contributed by atoms with Gasteiger partial charge in [-0.05, 0) is 62.1 Å². The van der Waals surface area contributed by atoms with Crippen LogP contribution in [0.4, 0.5) is 5.82 Å². The summed E-state index contributed by atoms with van der Waals surface area (Å²) in [4.78, 5) is 29.3. The maximum atomic E-state index is 11.4. The molecule has 2 fully saturated rings. The summed E-state index contributed by atoms with van der Waals surface area (Å²) in [5.74, 6) is 1.84. The fraction of sp³-hybridized carbons (Fsp3) is 0.435. The second-order valence-electron chi connectivity index (χ2n) is 8.51. The van der Waals surface area contributed by atoms with Crippen molar-refractivity contribution in [2.75, 3.05) is 24.5 Å². The fourth-order valence-corrected chi connectivity index (χ4v) is 4.63. The van der Waals surface area contributed by atoms with Gasteiger partial charge in [-0.2, -0.15) is 4.98 Å². The molecule has 0 radical (unpaired) electrons. The minimum absolute atomic E-state index is 0.0456. The number of nitrogens with two attached hydrogens (primary N) is 1. The molecule has 3 aromatic heterocycles. The molecule has 0 aliphatic carbocycles. The smallest absolute Gasteiger partial charge is 0.244 e. The van der Waals surface area contributed by atoms with Gasteiger partial charge in [0.1, 0.15) is 5.82 Å². The second-order valence-corrected chi connectivity index (χ2v) is 8.51. The maximum absolute atomic E-state index is 11.4. The first-order valence-electron chi connectivity index (χ1n) is 11.1. The third kappa shape index (κ3) is 4.34. The van der Waals surface area contributed by atoms with Crippen molar-refractivity contribution in [3.05, 3.63) is 54.3 Å². The van der Waals surface area contributed by atoms with Gasteiger partial charge in [-0.25, -0.2) is 4.98 Å². The van der Waals surface area contributed by atoms with Crippen LogP contribution in [0.25, 0.3) is 11.4 Å². The van der Waals surface area contributed by atoms with E-state index in [-0.39, 0.29) is 17.9 Å². The second kappa shape index (κ2) is 9.04. The van der Waals surface area contributed by atoms with E-state index in [2.05, 4.69) is 24.9 Å². The number of likely N-dealkylation sites (tertiary alicyclic amines) is 1. The van der Waals surface area contributed by atoms with Gasteiger partial charge in [0.15, 0.2) is 0 Å². The highest BCUT2D eigenvalue weighted by molar-refractivity contribution is 5.77. The summed E-state index contributed by atoms with van der Waals surface area (Å²) in [7, 11) is 0. The van der Waals surface area contributed by atoms with E-state index in [1.165, 1.54) is 5.56 Å². The lowest BCUT2D eigenvalue weighted by atomic mass is 9.96. The molecule has 0 unspecified atom stereocenters. The lowest BCUT2D eigenvalue weighted by Gasteiger charge is -2.31. The zero-order chi connectivity index (χ0) is 21.9. The van der Waals surface area contributed by atoms with Gasteiger partial charge in [-0.15, -0.1) is 0 Å². The molecule has 32 heavy (non-hydrogen) atoms. The molecule has 1 amide bonds. The number of anilines is 1. The number of carbonyl (C=O) groups excluding carboxylic acids is 1. The van der Waals surface area contributed by atoms with Crippen LogP contribution in [-0.2, 0) is 11.3 Å². The molecule has 2 N–H and O–H groups in total. The first-order chi connectivity index (χ1) is 15.7. The molecule has 1 atom stereocenters. The molecule has 2 aliphatic rings. The van der Waals surface area contributed by atoms with Crippen LogP contribution < -0.4 is 10.6 Å². The number of primary amides is 1. The molecule has 0 aromatic carbocycles. The number of amides is 1. The number of piperidine rings is 1. The van der Waals surface area contributed by atoms with E-state index < -0.39 is 0 Å². The van der Waals surface area contributed by atoms with Gasteiger partial charge in [-0.1, -0.05) is 5.16 Å². The molecular weight excluding hydrogens is 406 g/mol. The Hall–Kier alpha value is -3.33. The average Bonchev–Trinajstić information content (AvgIpc) is 3.49. The number of hydrogen-bond acceptors (Lipinski definition) is 8. The third-order valence-corrected chi connectivity index (χ3v) is 6.45. The quantitative estimate of drug-likeness (QED) is 0.631. The van der Waals surface area contributed by atoms with E-state index in [0.29, 0.717) is 11.7 Å². The van der Waals surface area contributed by atoms with Crippen molar-refractivity contribution >= 4 is 11.7 Å². The molecule has 2 aliphatic heterocycles. The van der Waals surface area contributed by atoms with Gasteiger partial charge < -0.3 is 15.2 Å². The van der Waals surface area contributed by atoms with Crippen LogP contribution in [0.2, 0.25) is 0 Å². The first kappa shape index (κ1) is 20.6. The topological polar surface area (TPSA) is 114 Å². The molecule has 9 heteroatoms. The lowest BCUT2D eigenvalue weighted by Crippen LogP contribution is -2.38. The lowest BCUT2D eigenvalue weighted by molar-refractivity contribution is -0.122. The Morgan fingerprint density at radius 3 is 2.69 bits per heavy atom. The van der Waals surface area contributed by atoms with Gasteiger partial charge >= 0.3 is 0 Å². The largest absolute Gasteiger partial charge is 0.369 e. The molecule has 0 bridgehead atoms. The molecule has 0 saturated carbocycles. The van der Waals surface area contributed by atoms with Crippen molar-refractivity contribution in [1.82, 2.24) is 25.0 Å². The van der Waals surface area contributed by atoms with E-state index in [9.17, 15) is 4.79 Å². The Balaban J connectivity index is 1.29. The molecule has 0 spiro atoms. The summed E-state index contributed by atoms with van der Waals surface area (Å²) in [6, 6.07) is 8.09. The van der Waals surface area contributed by atoms with Crippen LogP contribution >= 0.6 is 0 Å². The van der Waals surface area contributed by atoms with Gasteiger partial charge in [0.25, 0.3) is 0 Å². The molecule has 3 aromatic rings. The fourth-order valence-electron chi connectivity index (χ4n) is 4.63. The summed E-state index contributed by atoms with van der Waals surface area (Å²) in [5, 5.41) is 4.26. The molecule has 5 rings (SSSR count). The van der Waals surface area contributed by atoms with E-state index in [0.717, 1.165) is 63.2 Å². The first-order valence-corrected chi connectivity index (χ1v) is 11.1. The zero-order valence-electron chi connectivity index (χ0n) is 17.9. The molecule has 5 heterocycles. The predicted octanol–water partition coefficient (Wildman–Crippen LogP) is 2.57. The van der Waals surface area contributed by atoms with Gasteiger partial charge in [0.05, 0.1) is 6.04 Å². The van der Waals surface area contributed by atoms with Gasteiger partial charge in [-0.3, -0.25) is 14.7 Å². The van der Waals surface area contributed by atoms with Crippen LogP contribution in [0.15, 0.2) is 47.4 Å². The minimum Gasteiger partial charge on any atom is -0.369 e. The van der Waals surface area contributed by atoms with Crippen molar-refractivity contribution in [3.63, 3.8) is 0 Å². The molecule has 2 saturated heterocycles. The highest BCUT2D eigenvalue weighted by Gasteiger charge is 2.31. The van der Waals surface area contributed by atoms with Crippen LogP contribution in [0, 0.1) is 5.92 Å². The summed E-state index contributed by atoms with van der Waals surface area (Å²) >= 11 is 0. The summed E-state index contributed by atoms with van der Waals surface area (Å²) in [6.45, 7) is 3.36. The third-order valence-electron chi connectivity index (χ3n) is 6.45. The molecular formula is C23H27N7O2. The Kier molecular flexibility index (Phi) is 5.81. The summed E-state index contributed by atoms with van der Waals surface area (Å²) in [5.41, 5.74) is 7.56. The van der Waals surface area contributed by atoms with Gasteiger partial charge in [0, 0.05) is 49.7 Å². The highest BCUT2D eigenvalue weighted by atomic mass is 16.5. The number of rotatable bonds is 6. The molecule has 166 valence electrons. The summed E-state index contributed by atoms with van der Waals surface area (Å²) in [6.07, 6.45) is 9.03. The highest BCUT2D eigenvalue weighted by Crippen LogP contribution is 2.33. The Labute approximate surface area is 186 Å². The number of nitrogens with zero attached hydrogens (tertiary/aromatic N) is 6. The van der Waals surface area contributed by atoms with Crippen molar-refractivity contribution in [2.45, 2.75) is 38.3 Å². The monoisotopic (exact) mass is 433 g/mol. The van der Waals surface area contributed by atoms with E-state index >= 15 is 0 Å². The van der Waals surface area contributed by atoms with E-state index in [1.807, 2.05) is 36.7 Å². The zero-order valence-corrected chi connectivity index (χ0v) is 17.9. The van der Waals surface area contributed by atoms with Crippen molar-refractivity contribution < 1.29 is 9.32 Å². The maximum Gasteiger partial charge on any atom is 0.244 e. The number of hydrogen-bond donors (Lipinski definition) is 1. The standard InChI is InChI=1S/C23H27N7O2/c24-21(31)17-6-12-29(13-7-17)20-14-18(5-10-26-20)22-27-23(32-28-22)19-2-1-11-30(19)15-16-3-8-25-9-4-16/h3-5,8-10,14,17,19H,1-2,6-7,11-13,15H2,(H2,24,31)/t19-/m0/s1. The van der Waals surface area contributed by atoms with Crippen molar-refractivity contribution in [1.29, 1.82) is 0 Å². The molecule has 9 nitrogen and oxygen atoms in total. The van der Waals surface area contributed by atoms with Crippen molar-refractivity contribution in [2.24, 2.45) is 11.7 Å². The number of pyridine rings is 2. The SMILES string of the molecule is NC(=O)C1CCN(c2cc(-c3noc([C@@H]4CCCN4Cc4ccncc4)n3)ccn2)CC1. The number of carbonyl (C=O) groups is 1. The Bertz CT molecular complexity index is 1060. The predicted molar refractivity (Wildman–Crippen MR) is 118 cm³/mol. The summed E-state index contributed by atoms with van der Waals surface area (Å²) < 4.78 is 5.70. The normalized spacial score (nSPS) is 20.0. The average molecular weight is 434 g/mol. The van der Waals surface area contributed by atoms with E-state index in [4.69, 9.17) is 15.2 Å². The Morgan fingerprint density at radius 2 is 1.91 bits per heavy atom.